The number of aliphatic hydroxyl groups excluding tert-OH is 3. The molecule has 0 spiro atoms. The third-order valence-electron chi connectivity index (χ3n) is 7.32. The Labute approximate surface area is 229 Å². The van der Waals surface area contributed by atoms with E-state index in [4.69, 9.17) is 0 Å². The molecule has 0 saturated heterocycles. The van der Waals surface area contributed by atoms with Gasteiger partial charge in [-0.2, -0.15) is 0 Å². The van der Waals surface area contributed by atoms with Crippen molar-refractivity contribution in [2.24, 2.45) is 0 Å². The van der Waals surface area contributed by atoms with E-state index in [1.54, 1.807) is 6.08 Å². The fourth-order valence-electron chi connectivity index (χ4n) is 4.81. The second-order valence-electron chi connectivity index (χ2n) is 11.1. The molecule has 0 rings (SSSR count). The maximum Gasteiger partial charge on any atom is 0.222 e. The summed E-state index contributed by atoms with van der Waals surface area (Å²) in [6.07, 6.45) is 29.0. The van der Waals surface area contributed by atoms with Crippen LogP contribution >= 0.6 is 0 Å². The Morgan fingerprint density at radius 2 is 1.11 bits per heavy atom. The van der Waals surface area contributed by atoms with Crippen LogP contribution in [-0.4, -0.2) is 46.1 Å². The summed E-state index contributed by atoms with van der Waals surface area (Å²) >= 11 is 0. The summed E-state index contributed by atoms with van der Waals surface area (Å²) in [5.74, 6) is -0.319. The quantitative estimate of drug-likeness (QED) is 0.0621. The van der Waals surface area contributed by atoms with Gasteiger partial charge in [0.25, 0.3) is 0 Å². The van der Waals surface area contributed by atoms with Gasteiger partial charge in [-0.1, -0.05) is 148 Å². The van der Waals surface area contributed by atoms with E-state index in [1.165, 1.54) is 109 Å². The van der Waals surface area contributed by atoms with E-state index < -0.39 is 18.2 Å². The van der Waals surface area contributed by atoms with Crippen molar-refractivity contribution >= 4 is 5.91 Å². The molecule has 5 heteroatoms. The van der Waals surface area contributed by atoms with Gasteiger partial charge in [-0.15, -0.1) is 0 Å². The van der Waals surface area contributed by atoms with Crippen molar-refractivity contribution in [1.82, 2.24) is 5.32 Å². The van der Waals surface area contributed by atoms with Crippen LogP contribution in [0.2, 0.25) is 0 Å². The number of hydrogen-bond donors (Lipinski definition) is 4. The molecule has 0 aromatic carbocycles. The van der Waals surface area contributed by atoms with Gasteiger partial charge < -0.3 is 20.6 Å². The SMILES string of the molecule is CCCCCCCCCCC/C=C/C(O)C(CO)NC(=O)CC(O)CCCCCCCCCCCCC. The lowest BCUT2D eigenvalue weighted by molar-refractivity contribution is -0.124. The average Bonchev–Trinajstić information content (AvgIpc) is 2.88. The molecule has 0 aliphatic carbocycles. The predicted molar refractivity (Wildman–Crippen MR) is 158 cm³/mol. The topological polar surface area (TPSA) is 89.8 Å². The second kappa shape index (κ2) is 28.1. The average molecular weight is 526 g/mol. The molecule has 4 N–H and O–H groups in total. The minimum atomic E-state index is -0.920. The molecule has 1 amide bonds. The lowest BCUT2D eigenvalue weighted by Gasteiger charge is -2.21. The van der Waals surface area contributed by atoms with Crippen molar-refractivity contribution in [2.45, 2.75) is 180 Å². The lowest BCUT2D eigenvalue weighted by atomic mass is 10.0. The summed E-state index contributed by atoms with van der Waals surface area (Å²) in [5, 5.41) is 32.8. The molecular weight excluding hydrogens is 462 g/mol. The molecule has 0 heterocycles. The van der Waals surface area contributed by atoms with E-state index in [-0.39, 0.29) is 18.9 Å². The molecule has 0 radical (unpaired) electrons. The molecule has 0 aromatic rings. The van der Waals surface area contributed by atoms with Crippen LogP contribution in [0.3, 0.4) is 0 Å². The Morgan fingerprint density at radius 3 is 1.57 bits per heavy atom. The highest BCUT2D eigenvalue weighted by Crippen LogP contribution is 2.14. The molecule has 0 aliphatic rings. The monoisotopic (exact) mass is 525 g/mol. The fourth-order valence-corrected chi connectivity index (χ4v) is 4.81. The molecule has 0 fully saturated rings. The minimum Gasteiger partial charge on any atom is -0.394 e. The molecule has 3 atom stereocenters. The molecule has 0 aromatic heterocycles. The van der Waals surface area contributed by atoms with Gasteiger partial charge in [-0.05, 0) is 19.3 Å². The van der Waals surface area contributed by atoms with Crippen LogP contribution in [0, 0.1) is 0 Å². The molecule has 0 bridgehead atoms. The van der Waals surface area contributed by atoms with Gasteiger partial charge in [0.15, 0.2) is 0 Å². The first-order valence-corrected chi connectivity index (χ1v) is 16.0. The van der Waals surface area contributed by atoms with Crippen LogP contribution < -0.4 is 5.32 Å². The Bertz CT molecular complexity index is 511. The van der Waals surface area contributed by atoms with Gasteiger partial charge in [-0.25, -0.2) is 0 Å². The van der Waals surface area contributed by atoms with Crippen LogP contribution in [-0.2, 0) is 4.79 Å². The summed E-state index contributed by atoms with van der Waals surface area (Å²) in [6.45, 7) is 4.16. The van der Waals surface area contributed by atoms with Gasteiger partial charge in [0, 0.05) is 0 Å². The summed E-state index contributed by atoms with van der Waals surface area (Å²) in [4.78, 5) is 12.3. The van der Waals surface area contributed by atoms with Crippen LogP contribution in [0.15, 0.2) is 12.2 Å². The van der Waals surface area contributed by atoms with Gasteiger partial charge in [0.2, 0.25) is 5.91 Å². The Hall–Kier alpha value is -0.910. The molecule has 0 saturated carbocycles. The molecule has 37 heavy (non-hydrogen) atoms. The number of amides is 1. The first-order chi connectivity index (χ1) is 18.0. The van der Waals surface area contributed by atoms with Crippen LogP contribution in [0.25, 0.3) is 0 Å². The maximum atomic E-state index is 12.3. The maximum absolute atomic E-state index is 12.3. The standard InChI is InChI=1S/C32H63NO4/c1-3-5-7-9-11-13-15-17-19-21-23-25-29(35)27-32(37)33-30(28-34)31(36)26-24-22-20-18-16-14-12-10-8-6-4-2/h24,26,29-31,34-36H,3-23,25,27-28H2,1-2H3,(H,33,37)/b26-24+. The van der Waals surface area contributed by atoms with E-state index in [0.29, 0.717) is 6.42 Å². The van der Waals surface area contributed by atoms with E-state index in [2.05, 4.69) is 19.2 Å². The van der Waals surface area contributed by atoms with Crippen molar-refractivity contribution < 1.29 is 20.1 Å². The van der Waals surface area contributed by atoms with Crippen molar-refractivity contribution in [1.29, 1.82) is 0 Å². The predicted octanol–water partition coefficient (Wildman–Crippen LogP) is 7.75. The van der Waals surface area contributed by atoms with Gasteiger partial charge >= 0.3 is 0 Å². The number of unbranched alkanes of at least 4 members (excludes halogenated alkanes) is 19. The first-order valence-electron chi connectivity index (χ1n) is 16.0. The largest absolute Gasteiger partial charge is 0.394 e. The Morgan fingerprint density at radius 1 is 0.676 bits per heavy atom. The first kappa shape index (κ1) is 36.1. The zero-order valence-electron chi connectivity index (χ0n) is 24.6. The summed E-state index contributed by atoms with van der Waals surface area (Å²) in [6, 6.07) is -0.735. The fraction of sp³-hybridized carbons (Fsp3) is 0.906. The van der Waals surface area contributed by atoms with Gasteiger partial charge in [-0.3, -0.25) is 4.79 Å². The number of rotatable bonds is 28. The van der Waals surface area contributed by atoms with Crippen LogP contribution in [0.5, 0.6) is 0 Å². The number of allylic oxidation sites excluding steroid dienone is 1. The summed E-state index contributed by atoms with van der Waals surface area (Å²) < 4.78 is 0. The number of hydrogen-bond acceptors (Lipinski definition) is 4. The van der Waals surface area contributed by atoms with Crippen molar-refractivity contribution in [2.75, 3.05) is 6.61 Å². The molecule has 3 unspecified atom stereocenters. The number of carbonyl (C=O) groups excluding carboxylic acids is 1. The van der Waals surface area contributed by atoms with Crippen molar-refractivity contribution in [3.05, 3.63) is 12.2 Å². The van der Waals surface area contributed by atoms with Crippen LogP contribution in [0.4, 0.5) is 0 Å². The smallest absolute Gasteiger partial charge is 0.222 e. The highest BCUT2D eigenvalue weighted by molar-refractivity contribution is 5.76. The molecule has 5 nitrogen and oxygen atoms in total. The van der Waals surface area contributed by atoms with E-state index in [9.17, 15) is 20.1 Å². The lowest BCUT2D eigenvalue weighted by Crippen LogP contribution is -2.45. The highest BCUT2D eigenvalue weighted by atomic mass is 16.3. The zero-order valence-corrected chi connectivity index (χ0v) is 24.6. The minimum absolute atomic E-state index is 0.0170. The number of carbonyl (C=O) groups is 1. The Kier molecular flexibility index (Phi) is 27.4. The third kappa shape index (κ3) is 25.1. The van der Waals surface area contributed by atoms with Crippen LogP contribution in [0.1, 0.15) is 162 Å². The van der Waals surface area contributed by atoms with Crippen molar-refractivity contribution in [3.63, 3.8) is 0 Å². The van der Waals surface area contributed by atoms with Crippen molar-refractivity contribution in [3.8, 4) is 0 Å². The van der Waals surface area contributed by atoms with E-state index in [1.807, 2.05) is 6.08 Å². The normalized spacial score (nSPS) is 14.2. The Balaban J connectivity index is 3.80. The van der Waals surface area contributed by atoms with E-state index >= 15 is 0 Å². The zero-order chi connectivity index (χ0) is 27.4. The van der Waals surface area contributed by atoms with Gasteiger partial charge in [0.1, 0.15) is 0 Å². The number of aliphatic hydroxyl groups is 3. The van der Waals surface area contributed by atoms with E-state index in [0.717, 1.165) is 25.7 Å². The van der Waals surface area contributed by atoms with Gasteiger partial charge in [0.05, 0.1) is 31.3 Å². The molecule has 0 aliphatic heterocycles. The summed E-state index contributed by atoms with van der Waals surface area (Å²) in [7, 11) is 0. The summed E-state index contributed by atoms with van der Waals surface area (Å²) in [5.41, 5.74) is 0. The molecule has 220 valence electrons. The molecular formula is C32H63NO4. The number of nitrogens with one attached hydrogen (secondary N) is 1. The second-order valence-corrected chi connectivity index (χ2v) is 11.1. The third-order valence-corrected chi connectivity index (χ3v) is 7.32. The highest BCUT2D eigenvalue weighted by Gasteiger charge is 2.20.